The lowest BCUT2D eigenvalue weighted by atomic mass is 10.2. The molecule has 3 N–H and O–H groups in total. The predicted molar refractivity (Wildman–Crippen MR) is 71.9 cm³/mol. The molecule has 0 amide bonds. The topological polar surface area (TPSA) is 63.8 Å². The number of rotatable bonds is 5. The van der Waals surface area contributed by atoms with E-state index in [1.54, 1.807) is 12.3 Å². The van der Waals surface area contributed by atoms with E-state index < -0.39 is 0 Å². The lowest BCUT2D eigenvalue weighted by Gasteiger charge is -2.14. The molecular formula is C10H14N4S2. The molecule has 4 nitrogen and oxygen atoms in total. The molecule has 2 rings (SSSR count). The fourth-order valence-corrected chi connectivity index (χ4v) is 2.39. The van der Waals surface area contributed by atoms with Gasteiger partial charge in [0.05, 0.1) is 11.8 Å². The largest absolute Gasteiger partial charge is 0.389 e. The Morgan fingerprint density at radius 2 is 2.44 bits per heavy atom. The zero-order chi connectivity index (χ0) is 11.6. The summed E-state index contributed by atoms with van der Waals surface area (Å²) in [5, 5.41) is 11.2. The zero-order valence-electron chi connectivity index (χ0n) is 9.06. The van der Waals surface area contributed by atoms with Gasteiger partial charge in [-0.1, -0.05) is 12.2 Å². The predicted octanol–water partition coefficient (Wildman–Crippen LogP) is 1.42. The maximum atomic E-state index is 5.62. The highest BCUT2D eigenvalue weighted by molar-refractivity contribution is 8.00. The second-order valence-electron chi connectivity index (χ2n) is 3.90. The van der Waals surface area contributed by atoms with Gasteiger partial charge in [0, 0.05) is 11.3 Å². The molecule has 16 heavy (non-hydrogen) atoms. The highest BCUT2D eigenvalue weighted by Gasteiger charge is 2.41. The van der Waals surface area contributed by atoms with Crippen LogP contribution >= 0.6 is 24.0 Å². The molecule has 0 radical (unpaired) electrons. The summed E-state index contributed by atoms with van der Waals surface area (Å²) >= 11 is 6.86. The zero-order valence-corrected chi connectivity index (χ0v) is 10.7. The van der Waals surface area contributed by atoms with Gasteiger partial charge in [-0.15, -0.1) is 5.10 Å². The summed E-state index contributed by atoms with van der Waals surface area (Å²) in [5.41, 5.74) is 6.39. The second-order valence-corrected chi connectivity index (χ2v) is 5.61. The van der Waals surface area contributed by atoms with Gasteiger partial charge in [0.25, 0.3) is 0 Å². The SMILES string of the molecule is CSC1(CNc2nnccc2C(N)=S)CC1. The minimum atomic E-state index is 0.353. The van der Waals surface area contributed by atoms with Gasteiger partial charge in [0.15, 0.2) is 5.82 Å². The summed E-state index contributed by atoms with van der Waals surface area (Å²) in [5.74, 6) is 0.690. The molecule has 0 atom stereocenters. The molecule has 6 heteroatoms. The molecule has 0 saturated heterocycles. The van der Waals surface area contributed by atoms with Crippen LogP contribution in [-0.4, -0.2) is 32.7 Å². The Hall–Kier alpha value is -0.880. The molecule has 0 bridgehead atoms. The van der Waals surface area contributed by atoms with E-state index in [1.165, 1.54) is 12.8 Å². The van der Waals surface area contributed by atoms with Crippen LogP contribution in [0.15, 0.2) is 12.3 Å². The van der Waals surface area contributed by atoms with E-state index in [0.29, 0.717) is 15.6 Å². The van der Waals surface area contributed by atoms with Crippen molar-refractivity contribution >= 4 is 34.8 Å². The lowest BCUT2D eigenvalue weighted by molar-refractivity contribution is 0.920. The molecule has 0 unspecified atom stereocenters. The van der Waals surface area contributed by atoms with E-state index >= 15 is 0 Å². The number of anilines is 1. The first kappa shape index (κ1) is 11.6. The summed E-state index contributed by atoms with van der Waals surface area (Å²) in [6, 6.07) is 1.79. The molecule has 1 aliphatic rings. The Morgan fingerprint density at radius 3 is 3.00 bits per heavy atom. The third-order valence-corrected chi connectivity index (χ3v) is 4.44. The van der Waals surface area contributed by atoms with Crippen LogP contribution in [0, 0.1) is 0 Å². The van der Waals surface area contributed by atoms with Crippen molar-refractivity contribution < 1.29 is 0 Å². The normalized spacial score (nSPS) is 16.8. The maximum absolute atomic E-state index is 5.62. The number of nitrogens with one attached hydrogen (secondary N) is 1. The lowest BCUT2D eigenvalue weighted by Crippen LogP contribution is -2.21. The molecule has 1 saturated carbocycles. The summed E-state index contributed by atoms with van der Waals surface area (Å²) in [6.45, 7) is 0.891. The van der Waals surface area contributed by atoms with Crippen LogP contribution in [0.2, 0.25) is 0 Å². The summed E-state index contributed by atoms with van der Waals surface area (Å²) in [7, 11) is 0. The Morgan fingerprint density at radius 1 is 1.69 bits per heavy atom. The van der Waals surface area contributed by atoms with E-state index in [4.69, 9.17) is 18.0 Å². The van der Waals surface area contributed by atoms with Gasteiger partial charge in [-0.25, -0.2) is 0 Å². The number of thiocarbonyl (C=S) groups is 1. The Bertz CT molecular complexity index is 404. The second kappa shape index (κ2) is 4.55. The van der Waals surface area contributed by atoms with Crippen LogP contribution in [0.4, 0.5) is 5.82 Å². The van der Waals surface area contributed by atoms with Gasteiger partial charge in [-0.3, -0.25) is 0 Å². The quantitative estimate of drug-likeness (QED) is 0.775. The van der Waals surface area contributed by atoms with E-state index in [0.717, 1.165) is 12.1 Å². The number of aromatic nitrogens is 2. The van der Waals surface area contributed by atoms with Crippen molar-refractivity contribution in [2.24, 2.45) is 5.73 Å². The van der Waals surface area contributed by atoms with Gasteiger partial charge in [-0.2, -0.15) is 16.9 Å². The van der Waals surface area contributed by atoms with Crippen LogP contribution in [-0.2, 0) is 0 Å². The molecule has 1 aromatic rings. The third-order valence-electron chi connectivity index (χ3n) is 2.80. The van der Waals surface area contributed by atoms with E-state index in [9.17, 15) is 0 Å². The van der Waals surface area contributed by atoms with E-state index in [-0.39, 0.29) is 0 Å². The van der Waals surface area contributed by atoms with Crippen molar-refractivity contribution in [2.75, 3.05) is 18.1 Å². The van der Waals surface area contributed by atoms with Crippen molar-refractivity contribution in [1.29, 1.82) is 0 Å². The minimum Gasteiger partial charge on any atom is -0.389 e. The van der Waals surface area contributed by atoms with Crippen molar-refractivity contribution in [3.8, 4) is 0 Å². The van der Waals surface area contributed by atoms with Crippen molar-refractivity contribution in [2.45, 2.75) is 17.6 Å². The molecule has 86 valence electrons. The van der Waals surface area contributed by atoms with Crippen LogP contribution in [0.25, 0.3) is 0 Å². The Kier molecular flexibility index (Phi) is 3.30. The van der Waals surface area contributed by atoms with Crippen LogP contribution in [0.3, 0.4) is 0 Å². The van der Waals surface area contributed by atoms with Crippen LogP contribution in [0.5, 0.6) is 0 Å². The molecule has 1 aromatic heterocycles. The first-order valence-electron chi connectivity index (χ1n) is 5.07. The van der Waals surface area contributed by atoms with Gasteiger partial charge < -0.3 is 11.1 Å². The molecule has 1 aliphatic carbocycles. The monoisotopic (exact) mass is 254 g/mol. The van der Waals surface area contributed by atoms with Gasteiger partial charge in [0.2, 0.25) is 0 Å². The summed E-state index contributed by atoms with van der Waals surface area (Å²) in [4.78, 5) is 0.353. The summed E-state index contributed by atoms with van der Waals surface area (Å²) < 4.78 is 0.380. The van der Waals surface area contributed by atoms with Crippen molar-refractivity contribution in [3.63, 3.8) is 0 Å². The van der Waals surface area contributed by atoms with Crippen molar-refractivity contribution in [1.82, 2.24) is 10.2 Å². The highest BCUT2D eigenvalue weighted by atomic mass is 32.2. The standard InChI is InChI=1S/C10H14N4S2/c1-16-10(3-4-10)6-12-9-7(8(11)15)2-5-13-14-9/h2,5H,3-4,6H2,1H3,(H2,11,15)(H,12,14). The molecule has 1 heterocycles. The average molecular weight is 254 g/mol. The number of hydrogen-bond acceptors (Lipinski definition) is 5. The third kappa shape index (κ3) is 2.44. The number of thioether (sulfide) groups is 1. The fraction of sp³-hybridized carbons (Fsp3) is 0.500. The number of nitrogens with two attached hydrogens (primary N) is 1. The van der Waals surface area contributed by atoms with E-state index in [2.05, 4.69) is 21.8 Å². The highest BCUT2D eigenvalue weighted by Crippen LogP contribution is 2.46. The molecule has 0 aromatic carbocycles. The first-order valence-corrected chi connectivity index (χ1v) is 6.71. The van der Waals surface area contributed by atoms with Crippen molar-refractivity contribution in [3.05, 3.63) is 17.8 Å². The molecule has 0 aliphatic heterocycles. The smallest absolute Gasteiger partial charge is 0.158 e. The molecule has 1 fully saturated rings. The minimum absolute atomic E-state index is 0.353. The summed E-state index contributed by atoms with van der Waals surface area (Å²) in [6.07, 6.45) is 6.24. The average Bonchev–Trinajstić information content (AvgIpc) is 3.07. The Balaban J connectivity index is 2.06. The van der Waals surface area contributed by atoms with Crippen LogP contribution in [0.1, 0.15) is 18.4 Å². The van der Waals surface area contributed by atoms with Gasteiger partial charge in [-0.05, 0) is 25.2 Å². The molecular weight excluding hydrogens is 240 g/mol. The maximum Gasteiger partial charge on any atom is 0.158 e. The Labute approximate surface area is 104 Å². The van der Waals surface area contributed by atoms with Gasteiger partial charge >= 0.3 is 0 Å². The fourth-order valence-electron chi connectivity index (χ4n) is 1.50. The van der Waals surface area contributed by atoms with Crippen LogP contribution < -0.4 is 11.1 Å². The first-order chi connectivity index (χ1) is 7.67. The number of hydrogen-bond donors (Lipinski definition) is 2. The molecule has 0 spiro atoms. The van der Waals surface area contributed by atoms with Gasteiger partial charge in [0.1, 0.15) is 4.99 Å². The number of nitrogens with zero attached hydrogens (tertiary/aromatic N) is 2. The van der Waals surface area contributed by atoms with E-state index in [1.807, 2.05) is 11.8 Å².